The normalized spacial score (nSPS) is 12.7. The number of alkyl halides is 1. The molecule has 1 heterocycles. The highest BCUT2D eigenvalue weighted by atomic mass is 35.5. The Morgan fingerprint density at radius 3 is 1.71 bits per heavy atom. The number of nitrogens with one attached hydrogen (secondary N) is 2. The van der Waals surface area contributed by atoms with Gasteiger partial charge in [0.15, 0.2) is 0 Å². The molecule has 13 heteroatoms. The topological polar surface area (TPSA) is 161 Å². The summed E-state index contributed by atoms with van der Waals surface area (Å²) in [5.41, 5.74) is -0.591. The Morgan fingerprint density at radius 1 is 0.646 bits per heavy atom. The van der Waals surface area contributed by atoms with E-state index in [1.54, 1.807) is 109 Å². The number of carboxylic acid groups (broad SMARTS) is 1. The molecule has 2 unspecified atom stereocenters. The molecule has 344 valence electrons. The number of carbonyl (C=O) groups excluding carboxylic acids is 3. The molecule has 5 aromatic rings. The fourth-order valence-electron chi connectivity index (χ4n) is 7.78. The number of hydrogen-bond acceptors (Lipinski definition) is 6. The number of Topliss-reactive ketones (excluding diaryl/α,β-unsaturated/α-hetero) is 1. The summed E-state index contributed by atoms with van der Waals surface area (Å²) in [6.07, 6.45) is 21.7. The number of carbonyl (C=O) groups is 4. The van der Waals surface area contributed by atoms with E-state index in [0.29, 0.717) is 15.8 Å². The van der Waals surface area contributed by atoms with Crippen LogP contribution in [0.5, 0.6) is 0 Å². The van der Waals surface area contributed by atoms with E-state index in [0.717, 1.165) is 35.0 Å². The largest absolute Gasteiger partial charge is 0.481 e. The monoisotopic (exact) mass is 903 g/mol. The standard InChI is InChI=1S/C52H62ClN5O7/c1-2-3-4-5-6-7-8-9-10-11-12-13-14-15-16-20-29-42(38-46(59)60)48(62)54-44-36-34-40(35-37-44)39-56-50(64)57(51(65)58(56)45-32-25-19-26-33-45)52(53,47(61)41-27-21-17-22-28-41)49(63)55-43-30-23-18-24-31-43/h17-37,42H,2-16,38-39H2,1H3,(H,54,62)(H,55,63)(H,59,60). The van der Waals surface area contributed by atoms with Crippen LogP contribution in [0.15, 0.2) is 137 Å². The molecule has 0 saturated heterocycles. The van der Waals surface area contributed by atoms with E-state index in [1.165, 1.54) is 82.8 Å². The number of rotatable bonds is 28. The maximum absolute atomic E-state index is 14.5. The molecule has 5 rings (SSSR count). The summed E-state index contributed by atoms with van der Waals surface area (Å²) in [4.78, 5) is 79.6. The number of carboxylic acids is 1. The molecule has 12 nitrogen and oxygen atoms in total. The van der Waals surface area contributed by atoms with E-state index in [-0.39, 0.29) is 29.9 Å². The smallest absolute Gasteiger partial charge is 0.354 e. The molecule has 0 bridgehead atoms. The van der Waals surface area contributed by atoms with Gasteiger partial charge in [-0.25, -0.2) is 18.8 Å². The number of para-hydroxylation sites is 2. The summed E-state index contributed by atoms with van der Waals surface area (Å²) >= 11 is 7.05. The second-order valence-electron chi connectivity index (χ2n) is 16.4. The van der Waals surface area contributed by atoms with E-state index < -0.39 is 45.9 Å². The lowest BCUT2D eigenvalue weighted by Crippen LogP contribution is -2.55. The minimum atomic E-state index is -2.85. The van der Waals surface area contributed by atoms with Gasteiger partial charge < -0.3 is 15.7 Å². The van der Waals surface area contributed by atoms with Crippen LogP contribution in [-0.4, -0.2) is 42.6 Å². The summed E-state index contributed by atoms with van der Waals surface area (Å²) in [7, 11) is 0. The maximum atomic E-state index is 14.5. The van der Waals surface area contributed by atoms with Crippen molar-refractivity contribution in [1.29, 1.82) is 0 Å². The van der Waals surface area contributed by atoms with Crippen molar-refractivity contribution in [2.45, 2.75) is 121 Å². The van der Waals surface area contributed by atoms with Gasteiger partial charge in [-0.1, -0.05) is 193 Å². The summed E-state index contributed by atoms with van der Waals surface area (Å²) in [6, 6.07) is 30.7. The average Bonchev–Trinajstić information content (AvgIpc) is 3.56. The van der Waals surface area contributed by atoms with E-state index in [2.05, 4.69) is 17.6 Å². The molecule has 0 fully saturated rings. The van der Waals surface area contributed by atoms with E-state index in [4.69, 9.17) is 11.6 Å². The average molecular weight is 905 g/mol. The third-order valence-corrected chi connectivity index (χ3v) is 11.9. The number of hydrogen-bond donors (Lipinski definition) is 3. The zero-order chi connectivity index (χ0) is 46.4. The van der Waals surface area contributed by atoms with Gasteiger partial charge in [0.2, 0.25) is 11.7 Å². The molecule has 4 aromatic carbocycles. The van der Waals surface area contributed by atoms with Crippen LogP contribution in [0, 0.1) is 5.92 Å². The Labute approximate surface area is 386 Å². The van der Waals surface area contributed by atoms with Crippen molar-refractivity contribution in [2.75, 3.05) is 10.6 Å². The Morgan fingerprint density at radius 2 is 1.15 bits per heavy atom. The van der Waals surface area contributed by atoms with Gasteiger partial charge in [0, 0.05) is 16.9 Å². The molecular weight excluding hydrogens is 842 g/mol. The Hall–Kier alpha value is -6.27. The van der Waals surface area contributed by atoms with Gasteiger partial charge in [-0.3, -0.25) is 19.2 Å². The molecule has 0 radical (unpaired) electrons. The summed E-state index contributed by atoms with van der Waals surface area (Å²) < 4.78 is 2.62. The second-order valence-corrected chi connectivity index (χ2v) is 17.0. The van der Waals surface area contributed by atoms with Crippen LogP contribution in [0.4, 0.5) is 11.4 Å². The van der Waals surface area contributed by atoms with Gasteiger partial charge in [-0.05, 0) is 54.8 Å². The molecular formula is C52H62ClN5O7. The van der Waals surface area contributed by atoms with E-state index in [9.17, 15) is 33.9 Å². The summed E-state index contributed by atoms with van der Waals surface area (Å²) in [5.74, 6) is -4.55. The number of anilines is 2. The quantitative estimate of drug-likeness (QED) is 0.0148. The van der Waals surface area contributed by atoms with Crippen molar-refractivity contribution in [1.82, 2.24) is 13.9 Å². The number of ketones is 1. The molecule has 2 atom stereocenters. The third kappa shape index (κ3) is 14.4. The first-order chi connectivity index (χ1) is 31.5. The Bertz CT molecular complexity index is 2430. The van der Waals surface area contributed by atoms with Crippen LogP contribution >= 0.6 is 11.6 Å². The number of amides is 2. The van der Waals surface area contributed by atoms with Gasteiger partial charge in [-0.2, -0.15) is 4.68 Å². The molecule has 0 aliphatic heterocycles. The van der Waals surface area contributed by atoms with Gasteiger partial charge in [0.1, 0.15) is 0 Å². The molecule has 0 saturated carbocycles. The number of aromatic nitrogens is 3. The van der Waals surface area contributed by atoms with Crippen LogP contribution in [0.3, 0.4) is 0 Å². The lowest BCUT2D eigenvalue weighted by Gasteiger charge is -2.24. The van der Waals surface area contributed by atoms with Crippen molar-refractivity contribution >= 4 is 46.5 Å². The van der Waals surface area contributed by atoms with Gasteiger partial charge in [0.25, 0.3) is 10.9 Å². The molecule has 1 aromatic heterocycles. The van der Waals surface area contributed by atoms with Crippen LogP contribution in [0.25, 0.3) is 5.69 Å². The van der Waals surface area contributed by atoms with Crippen LogP contribution in [-0.2, 0) is 25.9 Å². The van der Waals surface area contributed by atoms with E-state index >= 15 is 0 Å². The molecule has 0 spiro atoms. The highest BCUT2D eigenvalue weighted by molar-refractivity contribution is 6.47. The molecule has 65 heavy (non-hydrogen) atoms. The summed E-state index contributed by atoms with van der Waals surface area (Å²) in [6.45, 7) is 2.04. The number of aliphatic carboxylic acids is 1. The predicted molar refractivity (Wildman–Crippen MR) is 258 cm³/mol. The van der Waals surface area contributed by atoms with Crippen LogP contribution in [0.2, 0.25) is 0 Å². The van der Waals surface area contributed by atoms with Crippen molar-refractivity contribution in [3.63, 3.8) is 0 Å². The molecule has 2 amide bonds. The van der Waals surface area contributed by atoms with Crippen LogP contribution in [0.1, 0.15) is 126 Å². The molecule has 0 aliphatic carbocycles. The zero-order valence-corrected chi connectivity index (χ0v) is 38.1. The maximum Gasteiger partial charge on any atom is 0.354 e. The molecule has 0 aliphatic rings. The fraction of sp³-hybridized carbons (Fsp3) is 0.385. The SMILES string of the molecule is CCCCCCCCCCCCCCCCC=CC(CC(=O)O)C(=O)Nc1ccc(Cn2c(=O)n(C(Cl)(C(=O)Nc3ccccc3)C(=O)c3ccccc3)c(=O)n2-c2ccccc2)cc1. The number of nitrogens with zero attached hydrogens (tertiary/aromatic N) is 3. The van der Waals surface area contributed by atoms with Gasteiger partial charge >= 0.3 is 17.3 Å². The first-order valence-electron chi connectivity index (χ1n) is 23.0. The highest BCUT2D eigenvalue weighted by Crippen LogP contribution is 2.28. The minimum absolute atomic E-state index is 0.000217. The third-order valence-electron chi connectivity index (χ3n) is 11.4. The Balaban J connectivity index is 1.26. The van der Waals surface area contributed by atoms with Gasteiger partial charge in [0.05, 0.1) is 24.6 Å². The van der Waals surface area contributed by atoms with Gasteiger partial charge in [-0.15, -0.1) is 0 Å². The Kier molecular flexibility index (Phi) is 19.8. The van der Waals surface area contributed by atoms with Crippen molar-refractivity contribution in [3.8, 4) is 5.69 Å². The number of halogens is 1. The van der Waals surface area contributed by atoms with Crippen LogP contribution < -0.4 is 22.0 Å². The second kappa shape index (κ2) is 25.9. The van der Waals surface area contributed by atoms with Crippen molar-refractivity contribution < 1.29 is 24.3 Å². The number of allylic oxidation sites excluding steroid dienone is 1. The number of unbranched alkanes of at least 4 members (excludes halogenated alkanes) is 14. The van der Waals surface area contributed by atoms with E-state index in [1.807, 2.05) is 6.08 Å². The minimum Gasteiger partial charge on any atom is -0.481 e. The number of benzene rings is 4. The zero-order valence-electron chi connectivity index (χ0n) is 37.3. The summed E-state index contributed by atoms with van der Waals surface area (Å²) in [5, 5.41) is 15.0. The first kappa shape index (κ1) is 49.7. The highest BCUT2D eigenvalue weighted by Gasteiger charge is 2.50. The fourth-order valence-corrected chi connectivity index (χ4v) is 8.08. The van der Waals surface area contributed by atoms with Crippen molar-refractivity contribution in [3.05, 3.63) is 160 Å². The lowest BCUT2D eigenvalue weighted by atomic mass is 10.0. The predicted octanol–water partition coefficient (Wildman–Crippen LogP) is 10.7. The lowest BCUT2D eigenvalue weighted by molar-refractivity contribution is -0.139. The van der Waals surface area contributed by atoms with Crippen molar-refractivity contribution in [2.24, 2.45) is 5.92 Å². The molecule has 3 N–H and O–H groups in total. The first-order valence-corrected chi connectivity index (χ1v) is 23.4.